The maximum Gasteiger partial charge on any atom is 0.254 e. The maximum absolute atomic E-state index is 12.1. The van der Waals surface area contributed by atoms with Crippen molar-refractivity contribution in [2.75, 3.05) is 6.54 Å². The van der Waals surface area contributed by atoms with Crippen LogP contribution in [0.2, 0.25) is 0 Å². The predicted octanol–water partition coefficient (Wildman–Crippen LogP) is 1.36. The Balaban J connectivity index is 2.19. The lowest BCUT2D eigenvalue weighted by Gasteiger charge is -2.51. The van der Waals surface area contributed by atoms with E-state index in [9.17, 15) is 15.0 Å². The van der Waals surface area contributed by atoms with Crippen molar-refractivity contribution in [1.82, 2.24) is 4.90 Å². The standard InChI is InChI=1S/C12H14BrNO3/c1-12(11(16)17)6-7-14(12)10(15)8-2-4-9(13)5-3-8/h2-5,11,16-17H,6-7H2,1H3. The lowest BCUT2D eigenvalue weighted by atomic mass is 9.85. The minimum Gasteiger partial charge on any atom is -0.366 e. The Labute approximate surface area is 108 Å². The van der Waals surface area contributed by atoms with Gasteiger partial charge in [-0.15, -0.1) is 0 Å². The number of benzene rings is 1. The smallest absolute Gasteiger partial charge is 0.254 e. The van der Waals surface area contributed by atoms with Crippen LogP contribution in [-0.4, -0.2) is 39.4 Å². The van der Waals surface area contributed by atoms with E-state index in [0.29, 0.717) is 18.5 Å². The van der Waals surface area contributed by atoms with Crippen molar-refractivity contribution in [3.8, 4) is 0 Å². The first kappa shape index (κ1) is 12.5. The number of aliphatic hydroxyl groups is 2. The summed E-state index contributed by atoms with van der Waals surface area (Å²) in [6.45, 7) is 2.24. The van der Waals surface area contributed by atoms with Gasteiger partial charge in [-0.05, 0) is 37.6 Å². The van der Waals surface area contributed by atoms with E-state index in [-0.39, 0.29) is 5.91 Å². The van der Waals surface area contributed by atoms with Gasteiger partial charge in [-0.3, -0.25) is 4.79 Å². The van der Waals surface area contributed by atoms with Crippen molar-refractivity contribution < 1.29 is 15.0 Å². The first-order valence-corrected chi connectivity index (χ1v) is 6.18. The monoisotopic (exact) mass is 299 g/mol. The van der Waals surface area contributed by atoms with Crippen LogP contribution in [0.5, 0.6) is 0 Å². The zero-order valence-corrected chi connectivity index (χ0v) is 11.0. The molecule has 1 aliphatic rings. The fourth-order valence-electron chi connectivity index (χ4n) is 1.93. The van der Waals surface area contributed by atoms with E-state index in [0.717, 1.165) is 4.47 Å². The van der Waals surface area contributed by atoms with Crippen LogP contribution in [0, 0.1) is 0 Å². The third-order valence-corrected chi connectivity index (χ3v) is 3.88. The Bertz CT molecular complexity index is 432. The van der Waals surface area contributed by atoms with Gasteiger partial charge in [-0.1, -0.05) is 15.9 Å². The molecule has 0 radical (unpaired) electrons. The summed E-state index contributed by atoms with van der Waals surface area (Å²) in [7, 11) is 0. The molecule has 4 nitrogen and oxygen atoms in total. The molecule has 1 fully saturated rings. The van der Waals surface area contributed by atoms with Crippen molar-refractivity contribution in [2.24, 2.45) is 0 Å². The largest absolute Gasteiger partial charge is 0.366 e. The van der Waals surface area contributed by atoms with Crippen molar-refractivity contribution >= 4 is 21.8 Å². The molecule has 1 aromatic carbocycles. The van der Waals surface area contributed by atoms with Gasteiger partial charge >= 0.3 is 0 Å². The average Bonchev–Trinajstić information content (AvgIpc) is 2.27. The van der Waals surface area contributed by atoms with E-state index in [2.05, 4.69) is 15.9 Å². The molecule has 1 unspecified atom stereocenters. The third-order valence-electron chi connectivity index (χ3n) is 3.35. The van der Waals surface area contributed by atoms with Gasteiger partial charge in [-0.2, -0.15) is 0 Å². The van der Waals surface area contributed by atoms with Crippen molar-refractivity contribution in [2.45, 2.75) is 25.2 Å². The topological polar surface area (TPSA) is 60.8 Å². The Morgan fingerprint density at radius 2 is 2.00 bits per heavy atom. The fourth-order valence-corrected chi connectivity index (χ4v) is 2.19. The van der Waals surface area contributed by atoms with E-state index in [4.69, 9.17) is 0 Å². The number of likely N-dealkylation sites (tertiary alicyclic amines) is 1. The number of carbonyl (C=O) groups is 1. The number of nitrogens with zero attached hydrogens (tertiary/aromatic N) is 1. The van der Waals surface area contributed by atoms with Gasteiger partial charge in [0.1, 0.15) is 0 Å². The van der Waals surface area contributed by atoms with Gasteiger partial charge in [0.2, 0.25) is 0 Å². The van der Waals surface area contributed by atoms with Crippen LogP contribution in [0.15, 0.2) is 28.7 Å². The molecule has 2 rings (SSSR count). The lowest BCUT2D eigenvalue weighted by molar-refractivity contribution is -0.171. The van der Waals surface area contributed by atoms with E-state index in [1.807, 2.05) is 0 Å². The molecule has 1 saturated heterocycles. The number of aliphatic hydroxyl groups excluding tert-OH is 1. The molecule has 1 atom stereocenters. The third kappa shape index (κ3) is 2.10. The van der Waals surface area contributed by atoms with E-state index in [1.54, 1.807) is 31.2 Å². The molecule has 92 valence electrons. The lowest BCUT2D eigenvalue weighted by Crippen LogP contribution is -2.66. The van der Waals surface area contributed by atoms with Gasteiger partial charge in [0.05, 0.1) is 5.54 Å². The van der Waals surface area contributed by atoms with E-state index in [1.165, 1.54) is 4.90 Å². The van der Waals surface area contributed by atoms with E-state index >= 15 is 0 Å². The summed E-state index contributed by atoms with van der Waals surface area (Å²) < 4.78 is 0.905. The van der Waals surface area contributed by atoms with Crippen molar-refractivity contribution in [1.29, 1.82) is 0 Å². The Kier molecular flexibility index (Phi) is 3.25. The number of hydrogen-bond acceptors (Lipinski definition) is 3. The van der Waals surface area contributed by atoms with E-state index < -0.39 is 11.8 Å². The first-order valence-electron chi connectivity index (χ1n) is 5.39. The quantitative estimate of drug-likeness (QED) is 0.811. The van der Waals surface area contributed by atoms with Crippen LogP contribution >= 0.6 is 15.9 Å². The Hall–Kier alpha value is -0.910. The molecule has 1 heterocycles. The SMILES string of the molecule is CC1(C(O)O)CCN1C(=O)c1ccc(Br)cc1. The van der Waals surface area contributed by atoms with Gasteiger partial charge in [0.15, 0.2) is 6.29 Å². The summed E-state index contributed by atoms with van der Waals surface area (Å²) in [5.41, 5.74) is -0.302. The van der Waals surface area contributed by atoms with Gasteiger partial charge in [0.25, 0.3) is 5.91 Å². The summed E-state index contributed by atoms with van der Waals surface area (Å²) >= 11 is 3.30. The van der Waals surface area contributed by atoms with Crippen molar-refractivity contribution in [3.63, 3.8) is 0 Å². The number of amides is 1. The molecule has 0 spiro atoms. The minimum atomic E-state index is -1.50. The summed E-state index contributed by atoms with van der Waals surface area (Å²) in [5, 5.41) is 18.6. The molecule has 0 bridgehead atoms. The molecular weight excluding hydrogens is 286 g/mol. The first-order chi connectivity index (χ1) is 7.95. The van der Waals surface area contributed by atoms with Crippen LogP contribution in [0.25, 0.3) is 0 Å². The molecule has 2 N–H and O–H groups in total. The highest BCUT2D eigenvalue weighted by Gasteiger charge is 2.48. The number of rotatable bonds is 2. The Morgan fingerprint density at radius 1 is 1.41 bits per heavy atom. The van der Waals surface area contributed by atoms with Gasteiger partial charge < -0.3 is 15.1 Å². The highest BCUT2D eigenvalue weighted by atomic mass is 79.9. The fraction of sp³-hybridized carbons (Fsp3) is 0.417. The molecule has 1 amide bonds. The second-order valence-electron chi connectivity index (χ2n) is 4.44. The zero-order chi connectivity index (χ0) is 12.6. The summed E-state index contributed by atoms with van der Waals surface area (Å²) in [6.07, 6.45) is -0.900. The Morgan fingerprint density at radius 3 is 2.41 bits per heavy atom. The summed E-state index contributed by atoms with van der Waals surface area (Å²) in [6, 6.07) is 7.02. The zero-order valence-electron chi connectivity index (χ0n) is 9.43. The summed E-state index contributed by atoms with van der Waals surface area (Å²) in [4.78, 5) is 13.6. The second kappa shape index (κ2) is 4.40. The van der Waals surface area contributed by atoms with Crippen LogP contribution in [0.1, 0.15) is 23.7 Å². The predicted molar refractivity (Wildman–Crippen MR) is 66.4 cm³/mol. The molecule has 0 aromatic heterocycles. The molecule has 0 saturated carbocycles. The highest BCUT2D eigenvalue weighted by Crippen LogP contribution is 2.34. The molecule has 5 heteroatoms. The summed E-state index contributed by atoms with van der Waals surface area (Å²) in [5.74, 6) is -0.167. The minimum absolute atomic E-state index is 0.167. The van der Waals surface area contributed by atoms with Gasteiger partial charge in [-0.25, -0.2) is 0 Å². The van der Waals surface area contributed by atoms with Crippen molar-refractivity contribution in [3.05, 3.63) is 34.3 Å². The average molecular weight is 300 g/mol. The van der Waals surface area contributed by atoms with Gasteiger partial charge in [0, 0.05) is 16.6 Å². The van der Waals surface area contributed by atoms with Crippen LogP contribution < -0.4 is 0 Å². The molecule has 1 aromatic rings. The maximum atomic E-state index is 12.1. The molecule has 1 aliphatic heterocycles. The van der Waals surface area contributed by atoms with Crippen LogP contribution in [0.4, 0.5) is 0 Å². The van der Waals surface area contributed by atoms with Crippen LogP contribution in [-0.2, 0) is 0 Å². The molecule has 0 aliphatic carbocycles. The normalized spacial score (nSPS) is 23.7. The molecular formula is C12H14BrNO3. The number of carbonyl (C=O) groups excluding carboxylic acids is 1. The number of halogens is 1. The molecule has 17 heavy (non-hydrogen) atoms. The second-order valence-corrected chi connectivity index (χ2v) is 5.36. The highest BCUT2D eigenvalue weighted by molar-refractivity contribution is 9.10. The number of hydrogen-bond donors (Lipinski definition) is 2. The van der Waals surface area contributed by atoms with Crippen LogP contribution in [0.3, 0.4) is 0 Å².